The lowest BCUT2D eigenvalue weighted by Gasteiger charge is -2.15. The third kappa shape index (κ3) is 3.65. The van der Waals surface area contributed by atoms with Crippen LogP contribution < -0.4 is 19.5 Å². The molecule has 0 saturated heterocycles. The molecule has 0 bridgehead atoms. The van der Waals surface area contributed by atoms with Gasteiger partial charge in [-0.05, 0) is 29.8 Å². The number of benzene rings is 2. The van der Waals surface area contributed by atoms with E-state index in [2.05, 4.69) is 27.4 Å². The summed E-state index contributed by atoms with van der Waals surface area (Å²) in [6, 6.07) is 13.9. The van der Waals surface area contributed by atoms with Crippen molar-refractivity contribution in [2.75, 3.05) is 26.6 Å². The molecule has 0 aliphatic carbocycles. The van der Waals surface area contributed by atoms with Crippen LogP contribution in [-0.2, 0) is 6.54 Å². The topological polar surface area (TPSA) is 82.8 Å². The molecule has 8 heteroatoms. The van der Waals surface area contributed by atoms with Gasteiger partial charge in [-0.1, -0.05) is 18.2 Å². The summed E-state index contributed by atoms with van der Waals surface area (Å²) < 4.78 is 18.4. The second-order valence-electron chi connectivity index (χ2n) is 7.38. The van der Waals surface area contributed by atoms with E-state index in [9.17, 15) is 0 Å². The summed E-state index contributed by atoms with van der Waals surface area (Å²) in [4.78, 5) is 13.7. The minimum atomic E-state index is 0.504. The Morgan fingerprint density at radius 2 is 1.70 bits per heavy atom. The highest BCUT2D eigenvalue weighted by Crippen LogP contribution is 2.38. The minimum absolute atomic E-state index is 0.504. The van der Waals surface area contributed by atoms with Crippen LogP contribution in [-0.4, -0.2) is 40.7 Å². The molecule has 0 amide bonds. The first kappa shape index (κ1) is 20.6. The monoisotopic (exact) mass is 441 g/mol. The SMILES string of the molecule is COc1cc(CNc2ncc(-c3cccc4ncccc34)n3ccnc23)cc(OC)c1OC. The second kappa shape index (κ2) is 8.66. The van der Waals surface area contributed by atoms with Gasteiger partial charge in [-0.25, -0.2) is 9.97 Å². The fraction of sp³-hybridized carbons (Fsp3) is 0.160. The van der Waals surface area contributed by atoms with Crippen molar-refractivity contribution < 1.29 is 14.2 Å². The zero-order valence-electron chi connectivity index (χ0n) is 18.6. The van der Waals surface area contributed by atoms with E-state index < -0.39 is 0 Å². The second-order valence-corrected chi connectivity index (χ2v) is 7.38. The molecule has 0 fully saturated rings. The van der Waals surface area contributed by atoms with Crippen LogP contribution >= 0.6 is 0 Å². The van der Waals surface area contributed by atoms with Crippen LogP contribution in [0.5, 0.6) is 17.2 Å². The van der Waals surface area contributed by atoms with Crippen LogP contribution in [0.2, 0.25) is 0 Å². The summed E-state index contributed by atoms with van der Waals surface area (Å²) in [7, 11) is 4.79. The number of methoxy groups -OCH3 is 3. The number of imidazole rings is 1. The summed E-state index contributed by atoms with van der Waals surface area (Å²) in [6.07, 6.45) is 7.36. The Morgan fingerprint density at radius 1 is 0.879 bits per heavy atom. The average Bonchev–Trinajstić information content (AvgIpc) is 3.36. The lowest BCUT2D eigenvalue weighted by atomic mass is 10.1. The van der Waals surface area contributed by atoms with E-state index in [1.165, 1.54) is 0 Å². The first-order chi connectivity index (χ1) is 16.2. The van der Waals surface area contributed by atoms with E-state index in [1.54, 1.807) is 33.7 Å². The quantitative estimate of drug-likeness (QED) is 0.396. The summed E-state index contributed by atoms with van der Waals surface area (Å²) in [5.41, 5.74) is 4.63. The minimum Gasteiger partial charge on any atom is -0.493 e. The zero-order chi connectivity index (χ0) is 22.8. The smallest absolute Gasteiger partial charge is 0.203 e. The van der Waals surface area contributed by atoms with E-state index in [0.717, 1.165) is 33.4 Å². The van der Waals surface area contributed by atoms with E-state index in [1.807, 2.05) is 47.1 Å². The Labute approximate surface area is 190 Å². The molecule has 3 heterocycles. The molecular formula is C25H23N5O3. The predicted octanol–water partition coefficient (Wildman–Crippen LogP) is 4.58. The van der Waals surface area contributed by atoms with Gasteiger partial charge in [0.1, 0.15) is 0 Å². The van der Waals surface area contributed by atoms with Gasteiger partial charge in [0, 0.05) is 36.1 Å². The molecule has 3 aromatic heterocycles. The molecule has 0 radical (unpaired) electrons. The Balaban J connectivity index is 1.50. The number of hydrogen-bond donors (Lipinski definition) is 1. The van der Waals surface area contributed by atoms with Gasteiger partial charge >= 0.3 is 0 Å². The number of ether oxygens (including phenoxy) is 3. The van der Waals surface area contributed by atoms with E-state index in [4.69, 9.17) is 19.2 Å². The fourth-order valence-corrected chi connectivity index (χ4v) is 3.99. The predicted molar refractivity (Wildman–Crippen MR) is 127 cm³/mol. The lowest BCUT2D eigenvalue weighted by Crippen LogP contribution is -2.06. The van der Waals surface area contributed by atoms with Crippen molar-refractivity contribution in [2.24, 2.45) is 0 Å². The maximum absolute atomic E-state index is 5.46. The van der Waals surface area contributed by atoms with E-state index in [-0.39, 0.29) is 0 Å². The number of rotatable bonds is 7. The van der Waals surface area contributed by atoms with Crippen molar-refractivity contribution in [3.8, 4) is 28.5 Å². The third-order valence-corrected chi connectivity index (χ3v) is 5.53. The van der Waals surface area contributed by atoms with E-state index >= 15 is 0 Å². The van der Waals surface area contributed by atoms with Crippen LogP contribution in [0.4, 0.5) is 5.82 Å². The van der Waals surface area contributed by atoms with Crippen molar-refractivity contribution in [2.45, 2.75) is 6.54 Å². The highest BCUT2D eigenvalue weighted by molar-refractivity contribution is 5.94. The molecule has 2 aromatic carbocycles. The third-order valence-electron chi connectivity index (χ3n) is 5.53. The van der Waals surface area contributed by atoms with Gasteiger partial charge in [0.15, 0.2) is 23.0 Å². The van der Waals surface area contributed by atoms with Crippen LogP contribution in [0.1, 0.15) is 5.56 Å². The molecule has 0 saturated carbocycles. The van der Waals surface area contributed by atoms with Gasteiger partial charge in [0.05, 0.1) is 38.7 Å². The molecule has 0 unspecified atom stereocenters. The largest absolute Gasteiger partial charge is 0.493 e. The van der Waals surface area contributed by atoms with Crippen LogP contribution in [0.25, 0.3) is 27.8 Å². The number of pyridine rings is 1. The van der Waals surface area contributed by atoms with Gasteiger partial charge in [0.25, 0.3) is 0 Å². The molecule has 166 valence electrons. The maximum atomic E-state index is 5.46. The highest BCUT2D eigenvalue weighted by atomic mass is 16.5. The molecule has 33 heavy (non-hydrogen) atoms. The van der Waals surface area contributed by atoms with Crippen LogP contribution in [0, 0.1) is 0 Å². The van der Waals surface area contributed by atoms with Gasteiger partial charge < -0.3 is 19.5 Å². The standard InChI is InChI=1S/C25H23N5O3/c1-31-21-12-16(13-22(32-2)23(21)33-3)14-28-24-25-27-10-11-30(25)20(15-29-24)18-6-4-8-19-17(18)7-5-9-26-19/h4-13,15H,14H2,1-3H3,(H,28,29). The van der Waals surface area contributed by atoms with Crippen molar-refractivity contribution in [1.29, 1.82) is 0 Å². The number of aromatic nitrogens is 4. The Morgan fingerprint density at radius 3 is 2.45 bits per heavy atom. The molecule has 5 rings (SSSR count). The Kier molecular flexibility index (Phi) is 5.40. The number of hydrogen-bond acceptors (Lipinski definition) is 7. The number of nitrogens with one attached hydrogen (secondary N) is 1. The average molecular weight is 441 g/mol. The first-order valence-electron chi connectivity index (χ1n) is 10.4. The van der Waals surface area contributed by atoms with Gasteiger partial charge in [-0.15, -0.1) is 0 Å². The summed E-state index contributed by atoms with van der Waals surface area (Å²) in [6.45, 7) is 0.504. The van der Waals surface area contributed by atoms with Gasteiger partial charge in [-0.3, -0.25) is 9.38 Å². The van der Waals surface area contributed by atoms with Crippen molar-refractivity contribution in [3.05, 3.63) is 72.8 Å². The molecule has 0 atom stereocenters. The number of nitrogens with zero attached hydrogens (tertiary/aromatic N) is 4. The van der Waals surface area contributed by atoms with Crippen LogP contribution in [0.3, 0.4) is 0 Å². The summed E-state index contributed by atoms with van der Waals surface area (Å²) in [5, 5.41) is 4.45. The number of fused-ring (bicyclic) bond motifs is 2. The van der Waals surface area contributed by atoms with Gasteiger partial charge in [0.2, 0.25) is 5.75 Å². The van der Waals surface area contributed by atoms with Crippen molar-refractivity contribution in [3.63, 3.8) is 0 Å². The molecule has 0 aliphatic heterocycles. The molecule has 1 N–H and O–H groups in total. The molecular weight excluding hydrogens is 418 g/mol. The zero-order valence-corrected chi connectivity index (χ0v) is 18.6. The molecule has 8 nitrogen and oxygen atoms in total. The number of anilines is 1. The highest BCUT2D eigenvalue weighted by Gasteiger charge is 2.15. The molecule has 0 aliphatic rings. The van der Waals surface area contributed by atoms with Crippen molar-refractivity contribution in [1.82, 2.24) is 19.4 Å². The van der Waals surface area contributed by atoms with E-state index in [0.29, 0.717) is 29.6 Å². The van der Waals surface area contributed by atoms with Gasteiger partial charge in [-0.2, -0.15) is 0 Å². The lowest BCUT2D eigenvalue weighted by molar-refractivity contribution is 0.324. The summed E-state index contributed by atoms with van der Waals surface area (Å²) in [5.74, 6) is 2.45. The van der Waals surface area contributed by atoms with Crippen LogP contribution in [0.15, 0.2) is 67.3 Å². The summed E-state index contributed by atoms with van der Waals surface area (Å²) >= 11 is 0. The molecule has 0 spiro atoms. The Hall–Kier alpha value is -4.33. The normalized spacial score (nSPS) is 11.0. The molecule has 5 aromatic rings. The fourth-order valence-electron chi connectivity index (χ4n) is 3.99. The maximum Gasteiger partial charge on any atom is 0.203 e. The Bertz CT molecular complexity index is 1420. The first-order valence-corrected chi connectivity index (χ1v) is 10.4. The van der Waals surface area contributed by atoms with Crippen molar-refractivity contribution >= 4 is 22.4 Å².